The summed E-state index contributed by atoms with van der Waals surface area (Å²) in [5.41, 5.74) is -0.850. The summed E-state index contributed by atoms with van der Waals surface area (Å²) in [7, 11) is -0.0350. The number of nitrogens with one attached hydrogen (secondary N) is 1. The molecule has 0 radical (unpaired) electrons. The molecule has 1 fully saturated rings. The zero-order valence-electron chi connectivity index (χ0n) is 13.6. The van der Waals surface area contributed by atoms with Gasteiger partial charge >= 0.3 is 6.03 Å². The van der Waals surface area contributed by atoms with Crippen molar-refractivity contribution in [3.05, 3.63) is 0 Å². The van der Waals surface area contributed by atoms with Crippen LogP contribution in [0.25, 0.3) is 0 Å². The molecule has 0 unspecified atom stereocenters. The van der Waals surface area contributed by atoms with Crippen LogP contribution in [0.15, 0.2) is 0 Å². The van der Waals surface area contributed by atoms with E-state index in [0.717, 1.165) is 0 Å². The smallest absolute Gasteiger partial charge is 0.325 e. The van der Waals surface area contributed by atoms with Gasteiger partial charge in [-0.15, -0.1) is 0 Å². The molecule has 0 spiro atoms. The van der Waals surface area contributed by atoms with E-state index < -0.39 is 15.7 Å². The number of rotatable bonds is 8. The maximum atomic E-state index is 12.0. The van der Waals surface area contributed by atoms with Gasteiger partial charge in [-0.2, -0.15) is 8.42 Å². The van der Waals surface area contributed by atoms with Gasteiger partial charge in [0.1, 0.15) is 5.54 Å². The molecule has 0 aromatic rings. The number of imide groups is 1. The fraction of sp³-hybridized carbons (Fsp3) is 0.846. The van der Waals surface area contributed by atoms with Crippen LogP contribution in [-0.2, 0) is 14.9 Å². The van der Waals surface area contributed by atoms with Crippen molar-refractivity contribution < 1.29 is 27.0 Å². The summed E-state index contributed by atoms with van der Waals surface area (Å²) >= 11 is 0. The van der Waals surface area contributed by atoms with Gasteiger partial charge in [0.2, 0.25) is 0 Å². The molecule has 1 aliphatic heterocycles. The van der Waals surface area contributed by atoms with Gasteiger partial charge < -0.3 is 9.80 Å². The summed E-state index contributed by atoms with van der Waals surface area (Å²) in [5.74, 6) is -0.482. The molecule has 0 atom stereocenters. The molecule has 1 aliphatic rings. The lowest BCUT2D eigenvalue weighted by Gasteiger charge is -2.30. The van der Waals surface area contributed by atoms with Gasteiger partial charge in [0.25, 0.3) is 16.0 Å². The fourth-order valence-electron chi connectivity index (χ4n) is 2.46. The lowest BCUT2D eigenvalue weighted by atomic mass is 10.1. The molecule has 0 aromatic heterocycles. The SMILES string of the molecule is CC1(C)NC(=O)N(CCC[N+](C)(C)CCCS(=O)(=O)O)C1=O. The van der Waals surface area contributed by atoms with Gasteiger partial charge in [-0.05, 0) is 13.8 Å². The topological polar surface area (TPSA) is 104 Å². The van der Waals surface area contributed by atoms with Crippen molar-refractivity contribution in [1.82, 2.24) is 10.2 Å². The molecule has 0 aliphatic carbocycles. The highest BCUT2D eigenvalue weighted by Gasteiger charge is 2.43. The third kappa shape index (κ3) is 5.54. The molecule has 128 valence electrons. The molecular weight excluding hydrogens is 310 g/mol. The van der Waals surface area contributed by atoms with Gasteiger partial charge in [0, 0.05) is 19.4 Å². The second-order valence-electron chi connectivity index (χ2n) is 6.89. The molecule has 0 bridgehead atoms. The van der Waals surface area contributed by atoms with Crippen LogP contribution in [0.2, 0.25) is 0 Å². The van der Waals surface area contributed by atoms with Gasteiger partial charge in [-0.25, -0.2) is 4.79 Å². The summed E-state index contributed by atoms with van der Waals surface area (Å²) in [6.07, 6.45) is 0.996. The lowest BCUT2D eigenvalue weighted by Crippen LogP contribution is -2.44. The first kappa shape index (κ1) is 18.9. The summed E-state index contributed by atoms with van der Waals surface area (Å²) < 4.78 is 30.7. The van der Waals surface area contributed by atoms with Gasteiger partial charge in [0.15, 0.2) is 0 Å². The molecule has 1 rings (SSSR count). The van der Waals surface area contributed by atoms with E-state index in [1.807, 2.05) is 14.1 Å². The Labute approximate surface area is 131 Å². The Morgan fingerprint density at radius 1 is 1.18 bits per heavy atom. The highest BCUT2D eigenvalue weighted by molar-refractivity contribution is 7.85. The largest absolute Gasteiger partial charge is 0.328 e. The van der Waals surface area contributed by atoms with Gasteiger partial charge in [0.05, 0.1) is 32.9 Å². The molecule has 22 heavy (non-hydrogen) atoms. The molecule has 1 heterocycles. The van der Waals surface area contributed by atoms with Crippen LogP contribution in [0.5, 0.6) is 0 Å². The number of carbonyl (C=O) groups excluding carboxylic acids is 2. The van der Waals surface area contributed by atoms with Crippen LogP contribution in [0.3, 0.4) is 0 Å². The van der Waals surface area contributed by atoms with Crippen molar-refractivity contribution >= 4 is 22.1 Å². The maximum absolute atomic E-state index is 12.0. The third-order valence-electron chi connectivity index (χ3n) is 3.76. The number of quaternary nitrogens is 1. The normalized spacial score (nSPS) is 18.7. The van der Waals surface area contributed by atoms with E-state index >= 15 is 0 Å². The minimum atomic E-state index is -3.92. The second kappa shape index (κ2) is 6.51. The van der Waals surface area contributed by atoms with Crippen molar-refractivity contribution in [1.29, 1.82) is 0 Å². The van der Waals surface area contributed by atoms with E-state index in [2.05, 4.69) is 5.32 Å². The van der Waals surface area contributed by atoms with E-state index in [1.54, 1.807) is 13.8 Å². The maximum Gasteiger partial charge on any atom is 0.325 e. The first-order valence-electron chi connectivity index (χ1n) is 7.25. The third-order valence-corrected chi connectivity index (χ3v) is 4.56. The van der Waals surface area contributed by atoms with Crippen LogP contribution < -0.4 is 5.32 Å². The predicted octanol–water partition coefficient (Wildman–Crippen LogP) is 0.0612. The number of hydrogen-bond donors (Lipinski definition) is 2. The quantitative estimate of drug-likeness (QED) is 0.371. The lowest BCUT2D eigenvalue weighted by molar-refractivity contribution is -0.890. The van der Waals surface area contributed by atoms with Crippen molar-refractivity contribution in [3.63, 3.8) is 0 Å². The van der Waals surface area contributed by atoms with Crippen molar-refractivity contribution in [3.8, 4) is 0 Å². The van der Waals surface area contributed by atoms with E-state index in [9.17, 15) is 18.0 Å². The van der Waals surface area contributed by atoms with E-state index in [4.69, 9.17) is 4.55 Å². The second-order valence-corrected chi connectivity index (χ2v) is 8.46. The van der Waals surface area contributed by atoms with Crippen LogP contribution in [-0.4, -0.2) is 79.3 Å². The minimum Gasteiger partial charge on any atom is -0.328 e. The molecule has 0 saturated carbocycles. The monoisotopic (exact) mass is 336 g/mol. The van der Waals surface area contributed by atoms with Crippen LogP contribution >= 0.6 is 0 Å². The van der Waals surface area contributed by atoms with E-state index in [1.165, 1.54) is 4.90 Å². The number of urea groups is 1. The summed E-state index contributed by atoms with van der Waals surface area (Å²) in [6, 6.07) is -0.369. The summed E-state index contributed by atoms with van der Waals surface area (Å²) in [6.45, 7) is 4.97. The highest BCUT2D eigenvalue weighted by Crippen LogP contribution is 2.17. The average Bonchev–Trinajstić information content (AvgIpc) is 2.48. The summed E-state index contributed by atoms with van der Waals surface area (Å²) in [5, 5.41) is 2.63. The summed E-state index contributed by atoms with van der Waals surface area (Å²) in [4.78, 5) is 25.0. The van der Waals surface area contributed by atoms with Gasteiger partial charge in [-0.1, -0.05) is 0 Å². The Hall–Kier alpha value is -1.19. The molecule has 0 aromatic carbocycles. The Bertz CT molecular complexity index is 542. The molecule has 8 nitrogen and oxygen atoms in total. The number of hydrogen-bond acceptors (Lipinski definition) is 4. The average molecular weight is 336 g/mol. The highest BCUT2D eigenvalue weighted by atomic mass is 32.2. The van der Waals surface area contributed by atoms with Gasteiger partial charge in [-0.3, -0.25) is 14.2 Å². The number of nitrogens with zero attached hydrogens (tertiary/aromatic N) is 2. The first-order chi connectivity index (χ1) is 9.84. The minimum absolute atomic E-state index is 0.228. The van der Waals surface area contributed by atoms with Crippen molar-refractivity contribution in [2.45, 2.75) is 32.2 Å². The standard InChI is InChI=1S/C13H25N3O5S/c1-13(2)11(17)15(12(18)14-13)7-5-8-16(3,4)9-6-10-22(19,20)21/h5-10H2,1-4H3,(H-,14,18,19,20,21)/p+1. The molecular formula is C13H26N3O5S+. The van der Waals surface area contributed by atoms with Crippen LogP contribution in [0.1, 0.15) is 26.7 Å². The Kier molecular flexibility index (Phi) is 5.58. The predicted molar refractivity (Wildman–Crippen MR) is 81.8 cm³/mol. The Morgan fingerprint density at radius 3 is 2.18 bits per heavy atom. The van der Waals surface area contributed by atoms with E-state index in [-0.39, 0.29) is 17.7 Å². The molecule has 2 N–H and O–H groups in total. The molecule has 9 heteroatoms. The molecule has 3 amide bonds. The zero-order valence-corrected chi connectivity index (χ0v) is 14.4. The number of amides is 3. The van der Waals surface area contributed by atoms with Crippen LogP contribution in [0.4, 0.5) is 4.79 Å². The number of carbonyl (C=O) groups is 2. The Balaban J connectivity index is 2.40. The van der Waals surface area contributed by atoms with Crippen molar-refractivity contribution in [2.75, 3.05) is 39.5 Å². The fourth-order valence-corrected chi connectivity index (χ4v) is 2.96. The molecule has 1 saturated heterocycles. The Morgan fingerprint density at radius 2 is 1.73 bits per heavy atom. The van der Waals surface area contributed by atoms with E-state index in [0.29, 0.717) is 37.0 Å². The first-order valence-corrected chi connectivity index (χ1v) is 8.86. The van der Waals surface area contributed by atoms with Crippen molar-refractivity contribution in [2.24, 2.45) is 0 Å². The van der Waals surface area contributed by atoms with Crippen LogP contribution in [0, 0.1) is 0 Å². The zero-order chi connectivity index (χ0) is 17.2.